The number of aromatic nitrogens is 2. The first-order valence-corrected chi connectivity index (χ1v) is 9.52. The van der Waals surface area contributed by atoms with Gasteiger partial charge < -0.3 is 0 Å². The molecule has 27 heavy (non-hydrogen) atoms. The fourth-order valence-corrected chi connectivity index (χ4v) is 4.12. The zero-order chi connectivity index (χ0) is 19.1. The summed E-state index contributed by atoms with van der Waals surface area (Å²) in [6, 6.07) is 12.6. The van der Waals surface area contributed by atoms with Crippen molar-refractivity contribution in [2.75, 3.05) is 0 Å². The number of rotatable bonds is 3. The van der Waals surface area contributed by atoms with Crippen molar-refractivity contribution in [1.82, 2.24) is 9.13 Å². The van der Waals surface area contributed by atoms with Gasteiger partial charge in [-0.25, -0.2) is 13.8 Å². The highest BCUT2D eigenvalue weighted by Crippen LogP contribution is 2.21. The van der Waals surface area contributed by atoms with Crippen molar-refractivity contribution >= 4 is 44.8 Å². The van der Waals surface area contributed by atoms with Crippen LogP contribution in [0.1, 0.15) is 5.56 Å². The summed E-state index contributed by atoms with van der Waals surface area (Å²) in [6.07, 6.45) is 0. The molecule has 2 aromatic heterocycles. The summed E-state index contributed by atoms with van der Waals surface area (Å²) in [7, 11) is 0. The zero-order valence-corrected chi connectivity index (χ0v) is 16.0. The van der Waals surface area contributed by atoms with Crippen molar-refractivity contribution in [1.29, 1.82) is 0 Å². The van der Waals surface area contributed by atoms with Crippen molar-refractivity contribution in [2.45, 2.75) is 6.54 Å². The van der Waals surface area contributed by atoms with Gasteiger partial charge in [0, 0.05) is 5.02 Å². The summed E-state index contributed by atoms with van der Waals surface area (Å²) >= 11 is 13.1. The molecular formula is C19H11Cl2FN2O2S. The largest absolute Gasteiger partial charge is 0.336 e. The monoisotopic (exact) mass is 420 g/mol. The Morgan fingerprint density at radius 3 is 2.59 bits per heavy atom. The second kappa shape index (κ2) is 6.96. The van der Waals surface area contributed by atoms with Gasteiger partial charge >= 0.3 is 5.69 Å². The lowest BCUT2D eigenvalue weighted by Crippen LogP contribution is -2.38. The predicted octanol–water partition coefficient (Wildman–Crippen LogP) is 4.71. The molecule has 0 aliphatic carbocycles. The molecule has 0 saturated carbocycles. The van der Waals surface area contributed by atoms with E-state index in [2.05, 4.69) is 0 Å². The molecule has 0 spiro atoms. The van der Waals surface area contributed by atoms with Crippen molar-refractivity contribution in [2.24, 2.45) is 0 Å². The highest BCUT2D eigenvalue weighted by molar-refractivity contribution is 7.17. The van der Waals surface area contributed by atoms with Crippen LogP contribution in [0.5, 0.6) is 0 Å². The van der Waals surface area contributed by atoms with E-state index in [1.165, 1.54) is 28.0 Å². The van der Waals surface area contributed by atoms with E-state index in [9.17, 15) is 14.0 Å². The second-order valence-corrected chi connectivity index (χ2v) is 7.63. The zero-order valence-electron chi connectivity index (χ0n) is 13.7. The summed E-state index contributed by atoms with van der Waals surface area (Å²) in [6.45, 7) is 0.238. The van der Waals surface area contributed by atoms with E-state index in [1.54, 1.807) is 29.6 Å². The Morgan fingerprint density at radius 1 is 1.04 bits per heavy atom. The first-order chi connectivity index (χ1) is 13.0. The summed E-state index contributed by atoms with van der Waals surface area (Å²) in [5, 5.41) is 2.15. The Hall–Kier alpha value is -2.41. The molecular weight excluding hydrogens is 410 g/mol. The SMILES string of the molecule is O=c1c2sccc2n(Cc2cccc(Cl)c2)c(=O)n1-c1ccc(F)c(Cl)c1. The average molecular weight is 421 g/mol. The highest BCUT2D eigenvalue weighted by Gasteiger charge is 2.17. The van der Waals surface area contributed by atoms with E-state index in [-0.39, 0.29) is 17.3 Å². The van der Waals surface area contributed by atoms with Crippen LogP contribution >= 0.6 is 34.5 Å². The van der Waals surface area contributed by atoms with Gasteiger partial charge in [0.25, 0.3) is 5.56 Å². The summed E-state index contributed by atoms with van der Waals surface area (Å²) in [4.78, 5) is 26.0. The molecule has 0 saturated heterocycles. The standard InChI is InChI=1S/C19H11Cl2FN2O2S/c20-12-3-1-2-11(8-12)10-23-16-6-7-27-17(16)18(25)24(19(23)26)13-4-5-15(22)14(21)9-13/h1-9H,10H2. The molecule has 136 valence electrons. The number of hydrogen-bond donors (Lipinski definition) is 0. The van der Waals surface area contributed by atoms with Crippen LogP contribution in [-0.4, -0.2) is 9.13 Å². The molecule has 0 bridgehead atoms. The van der Waals surface area contributed by atoms with E-state index in [0.29, 0.717) is 15.2 Å². The molecule has 4 aromatic rings. The minimum Gasteiger partial charge on any atom is -0.288 e. The number of fused-ring (bicyclic) bond motifs is 1. The molecule has 8 heteroatoms. The molecule has 0 unspecified atom stereocenters. The quantitative estimate of drug-likeness (QED) is 0.481. The van der Waals surface area contributed by atoms with Crippen LogP contribution in [0.15, 0.2) is 63.5 Å². The molecule has 0 aliphatic heterocycles. The first kappa shape index (κ1) is 18.0. The molecule has 2 heterocycles. The Labute approximate surface area is 166 Å². The highest BCUT2D eigenvalue weighted by atomic mass is 35.5. The van der Waals surface area contributed by atoms with Crippen molar-refractivity contribution in [3.05, 3.63) is 96.2 Å². The van der Waals surface area contributed by atoms with Crippen LogP contribution in [0.25, 0.3) is 15.9 Å². The van der Waals surface area contributed by atoms with Gasteiger partial charge in [0.2, 0.25) is 0 Å². The van der Waals surface area contributed by atoms with Gasteiger partial charge in [-0.1, -0.05) is 35.3 Å². The fraction of sp³-hybridized carbons (Fsp3) is 0.0526. The van der Waals surface area contributed by atoms with Crippen LogP contribution in [0.3, 0.4) is 0 Å². The lowest BCUT2D eigenvalue weighted by Gasteiger charge is -2.13. The number of thiophene rings is 1. The van der Waals surface area contributed by atoms with Gasteiger partial charge in [-0.2, -0.15) is 0 Å². The Balaban J connectivity index is 1.99. The van der Waals surface area contributed by atoms with Gasteiger partial charge in [0.15, 0.2) is 0 Å². The maximum atomic E-state index is 13.5. The van der Waals surface area contributed by atoms with E-state index in [0.717, 1.165) is 16.2 Å². The van der Waals surface area contributed by atoms with Crippen LogP contribution in [0.2, 0.25) is 10.0 Å². The molecule has 0 atom stereocenters. The number of halogens is 3. The van der Waals surface area contributed by atoms with Gasteiger partial charge in [0.05, 0.1) is 22.8 Å². The predicted molar refractivity (Wildman–Crippen MR) is 107 cm³/mol. The third-order valence-corrected chi connectivity index (χ3v) is 5.56. The third kappa shape index (κ3) is 3.20. The maximum Gasteiger partial charge on any atom is 0.336 e. The molecule has 0 N–H and O–H groups in total. The average Bonchev–Trinajstić information content (AvgIpc) is 3.12. The first-order valence-electron chi connectivity index (χ1n) is 7.88. The smallest absolute Gasteiger partial charge is 0.288 e. The molecule has 4 nitrogen and oxygen atoms in total. The number of benzene rings is 2. The number of hydrogen-bond acceptors (Lipinski definition) is 3. The van der Waals surface area contributed by atoms with E-state index in [4.69, 9.17) is 23.2 Å². The molecule has 0 radical (unpaired) electrons. The third-order valence-electron chi connectivity index (χ3n) is 4.15. The summed E-state index contributed by atoms with van der Waals surface area (Å²) < 4.78 is 16.4. The minimum atomic E-state index is -0.620. The second-order valence-electron chi connectivity index (χ2n) is 5.87. The van der Waals surface area contributed by atoms with Crippen molar-refractivity contribution in [3.63, 3.8) is 0 Å². The van der Waals surface area contributed by atoms with E-state index < -0.39 is 17.1 Å². The summed E-state index contributed by atoms with van der Waals surface area (Å²) in [5.41, 5.74) is 0.578. The van der Waals surface area contributed by atoms with Gasteiger partial charge in [0.1, 0.15) is 10.5 Å². The lowest BCUT2D eigenvalue weighted by atomic mass is 10.2. The maximum absolute atomic E-state index is 13.5. The minimum absolute atomic E-state index is 0.161. The Bertz CT molecular complexity index is 1290. The number of nitrogens with zero attached hydrogens (tertiary/aromatic N) is 2. The fourth-order valence-electron chi connectivity index (χ4n) is 2.91. The van der Waals surface area contributed by atoms with Crippen molar-refractivity contribution < 1.29 is 4.39 Å². The topological polar surface area (TPSA) is 44.0 Å². The molecule has 0 aliphatic rings. The van der Waals surface area contributed by atoms with Crippen LogP contribution in [-0.2, 0) is 6.54 Å². The van der Waals surface area contributed by atoms with Crippen LogP contribution < -0.4 is 11.2 Å². The van der Waals surface area contributed by atoms with Crippen LogP contribution in [0.4, 0.5) is 4.39 Å². The van der Waals surface area contributed by atoms with Gasteiger partial charge in [-0.15, -0.1) is 11.3 Å². The van der Waals surface area contributed by atoms with Crippen LogP contribution in [0, 0.1) is 5.82 Å². The lowest BCUT2D eigenvalue weighted by molar-refractivity contribution is 0.627. The molecule has 0 amide bonds. The molecule has 2 aromatic carbocycles. The Morgan fingerprint density at radius 2 is 1.85 bits per heavy atom. The molecule has 0 fully saturated rings. The van der Waals surface area contributed by atoms with Crippen molar-refractivity contribution in [3.8, 4) is 5.69 Å². The molecule has 4 rings (SSSR count). The van der Waals surface area contributed by atoms with E-state index in [1.807, 2.05) is 6.07 Å². The van der Waals surface area contributed by atoms with Gasteiger partial charge in [-0.05, 0) is 47.3 Å². The Kier molecular flexibility index (Phi) is 4.63. The van der Waals surface area contributed by atoms with Gasteiger partial charge in [-0.3, -0.25) is 9.36 Å². The summed E-state index contributed by atoms with van der Waals surface area (Å²) in [5.74, 6) is -0.620. The van der Waals surface area contributed by atoms with E-state index >= 15 is 0 Å². The normalized spacial score (nSPS) is 11.2.